The summed E-state index contributed by atoms with van der Waals surface area (Å²) in [7, 11) is 0. The monoisotopic (exact) mass is 273 g/mol. The van der Waals surface area contributed by atoms with Gasteiger partial charge < -0.3 is 0 Å². The molecule has 102 valence electrons. The zero-order valence-corrected chi connectivity index (χ0v) is 12.8. The SMILES string of the molecule is CCC1CC=C(C2=NC3CC=C(C)C=C3S2)CCC1. The molecule has 1 nitrogen and oxygen atoms in total. The lowest BCUT2D eigenvalue weighted by Gasteiger charge is -2.11. The highest BCUT2D eigenvalue weighted by atomic mass is 32.2. The van der Waals surface area contributed by atoms with Crippen LogP contribution in [-0.2, 0) is 0 Å². The van der Waals surface area contributed by atoms with E-state index in [-0.39, 0.29) is 0 Å². The van der Waals surface area contributed by atoms with Crippen molar-refractivity contribution in [2.24, 2.45) is 10.9 Å². The number of hydrogen-bond acceptors (Lipinski definition) is 2. The van der Waals surface area contributed by atoms with Crippen LogP contribution in [0.2, 0.25) is 0 Å². The molecule has 0 radical (unpaired) electrons. The van der Waals surface area contributed by atoms with Gasteiger partial charge >= 0.3 is 0 Å². The van der Waals surface area contributed by atoms with E-state index in [4.69, 9.17) is 4.99 Å². The maximum atomic E-state index is 4.96. The van der Waals surface area contributed by atoms with Crippen LogP contribution in [0.15, 0.2) is 39.3 Å². The van der Waals surface area contributed by atoms with Crippen LogP contribution < -0.4 is 0 Å². The molecule has 0 saturated heterocycles. The van der Waals surface area contributed by atoms with Gasteiger partial charge in [0.1, 0.15) is 0 Å². The summed E-state index contributed by atoms with van der Waals surface area (Å²) >= 11 is 1.92. The molecular weight excluding hydrogens is 250 g/mol. The summed E-state index contributed by atoms with van der Waals surface area (Å²) < 4.78 is 0. The van der Waals surface area contributed by atoms with E-state index in [9.17, 15) is 0 Å². The minimum absolute atomic E-state index is 0.426. The maximum absolute atomic E-state index is 4.96. The smallest absolute Gasteiger partial charge is 0.0986 e. The lowest BCUT2D eigenvalue weighted by Crippen LogP contribution is -2.04. The first-order valence-electron chi connectivity index (χ1n) is 7.59. The summed E-state index contributed by atoms with van der Waals surface area (Å²) in [6.45, 7) is 4.51. The molecule has 3 rings (SSSR count). The summed E-state index contributed by atoms with van der Waals surface area (Å²) in [6, 6.07) is 0.426. The van der Waals surface area contributed by atoms with Gasteiger partial charge in [-0.1, -0.05) is 42.8 Å². The predicted molar refractivity (Wildman–Crippen MR) is 85.6 cm³/mol. The normalized spacial score (nSPS) is 30.8. The second-order valence-electron chi connectivity index (χ2n) is 5.91. The van der Waals surface area contributed by atoms with E-state index in [1.807, 2.05) is 11.8 Å². The van der Waals surface area contributed by atoms with Crippen LogP contribution in [0.1, 0.15) is 52.4 Å². The van der Waals surface area contributed by atoms with Gasteiger partial charge in [-0.15, -0.1) is 0 Å². The number of hydrogen-bond donors (Lipinski definition) is 0. The molecule has 0 aromatic carbocycles. The zero-order chi connectivity index (χ0) is 13.2. The standard InChI is InChI=1S/C17H23NS/c1-3-13-5-4-6-14(9-8-13)17-18-15-10-7-12(2)11-16(15)19-17/h7,9,11,13,15H,3-6,8,10H2,1-2H3. The Morgan fingerprint density at radius 1 is 1.32 bits per heavy atom. The fourth-order valence-corrected chi connectivity index (χ4v) is 4.36. The molecule has 19 heavy (non-hydrogen) atoms. The van der Waals surface area contributed by atoms with Gasteiger partial charge in [-0.05, 0) is 56.6 Å². The Bertz CT molecular complexity index is 481. The molecular formula is C17H23NS. The van der Waals surface area contributed by atoms with Gasteiger partial charge in [0.25, 0.3) is 0 Å². The minimum atomic E-state index is 0.426. The van der Waals surface area contributed by atoms with Gasteiger partial charge in [-0.25, -0.2) is 0 Å². The van der Waals surface area contributed by atoms with Gasteiger partial charge in [0, 0.05) is 4.91 Å². The average molecular weight is 273 g/mol. The highest BCUT2D eigenvalue weighted by Crippen LogP contribution is 2.40. The fourth-order valence-electron chi connectivity index (χ4n) is 3.11. The Balaban J connectivity index is 1.74. The average Bonchev–Trinajstić information content (AvgIpc) is 2.68. The highest BCUT2D eigenvalue weighted by Gasteiger charge is 2.27. The van der Waals surface area contributed by atoms with Crippen molar-refractivity contribution in [2.75, 3.05) is 0 Å². The van der Waals surface area contributed by atoms with Crippen molar-refractivity contribution in [3.8, 4) is 0 Å². The van der Waals surface area contributed by atoms with Crippen LogP contribution in [0, 0.1) is 5.92 Å². The van der Waals surface area contributed by atoms with E-state index in [1.165, 1.54) is 53.2 Å². The minimum Gasteiger partial charge on any atom is -0.269 e. The quantitative estimate of drug-likeness (QED) is 0.668. The van der Waals surface area contributed by atoms with Gasteiger partial charge in [-0.3, -0.25) is 4.99 Å². The van der Waals surface area contributed by atoms with E-state index >= 15 is 0 Å². The lowest BCUT2D eigenvalue weighted by atomic mass is 9.98. The maximum Gasteiger partial charge on any atom is 0.0986 e. The number of aliphatic imine (C=N–C) groups is 1. The lowest BCUT2D eigenvalue weighted by molar-refractivity contribution is 0.471. The van der Waals surface area contributed by atoms with Crippen molar-refractivity contribution in [1.29, 1.82) is 0 Å². The Labute approximate surface area is 121 Å². The van der Waals surface area contributed by atoms with Crippen LogP contribution in [0.3, 0.4) is 0 Å². The molecule has 2 heteroatoms. The molecule has 3 aliphatic rings. The number of fused-ring (bicyclic) bond motifs is 1. The van der Waals surface area contributed by atoms with Crippen molar-refractivity contribution < 1.29 is 0 Å². The molecule has 0 N–H and O–H groups in total. The van der Waals surface area contributed by atoms with Crippen LogP contribution in [0.4, 0.5) is 0 Å². The van der Waals surface area contributed by atoms with Gasteiger partial charge in [-0.2, -0.15) is 0 Å². The molecule has 0 saturated carbocycles. The van der Waals surface area contributed by atoms with Crippen LogP contribution in [-0.4, -0.2) is 11.1 Å². The molecule has 0 fully saturated rings. The Hall–Kier alpha value is -0.760. The van der Waals surface area contributed by atoms with E-state index < -0.39 is 0 Å². The van der Waals surface area contributed by atoms with Crippen molar-refractivity contribution in [1.82, 2.24) is 0 Å². The third-order valence-corrected chi connectivity index (χ3v) is 5.64. The second kappa shape index (κ2) is 5.70. The zero-order valence-electron chi connectivity index (χ0n) is 12.0. The van der Waals surface area contributed by atoms with E-state index in [1.54, 1.807) is 0 Å². The van der Waals surface area contributed by atoms with E-state index in [2.05, 4.69) is 32.1 Å². The number of thioether (sulfide) groups is 1. The Morgan fingerprint density at radius 3 is 3.05 bits per heavy atom. The molecule has 0 bridgehead atoms. The topological polar surface area (TPSA) is 12.4 Å². The molecule has 2 unspecified atom stereocenters. The number of nitrogens with zero attached hydrogens (tertiary/aromatic N) is 1. The number of rotatable bonds is 2. The molecule has 1 heterocycles. The van der Waals surface area contributed by atoms with Crippen LogP contribution in [0.25, 0.3) is 0 Å². The highest BCUT2D eigenvalue weighted by molar-refractivity contribution is 8.18. The van der Waals surface area contributed by atoms with Crippen molar-refractivity contribution in [2.45, 2.75) is 58.4 Å². The Kier molecular flexibility index (Phi) is 3.97. The third kappa shape index (κ3) is 2.89. The fraction of sp³-hybridized carbons (Fsp3) is 0.588. The van der Waals surface area contributed by atoms with Crippen molar-refractivity contribution in [3.63, 3.8) is 0 Å². The molecule has 2 atom stereocenters. The Morgan fingerprint density at radius 2 is 2.21 bits per heavy atom. The molecule has 0 aromatic rings. The third-order valence-electron chi connectivity index (χ3n) is 4.46. The summed E-state index contributed by atoms with van der Waals surface area (Å²) in [5, 5.41) is 1.32. The molecule has 0 amide bonds. The van der Waals surface area contributed by atoms with Crippen molar-refractivity contribution in [3.05, 3.63) is 34.3 Å². The second-order valence-corrected chi connectivity index (χ2v) is 6.98. The van der Waals surface area contributed by atoms with E-state index in [0.717, 1.165) is 12.3 Å². The predicted octanol–water partition coefficient (Wildman–Crippen LogP) is 5.26. The summed E-state index contributed by atoms with van der Waals surface area (Å²) in [5.41, 5.74) is 2.92. The summed E-state index contributed by atoms with van der Waals surface area (Å²) in [6.07, 6.45) is 14.7. The molecule has 0 aromatic heterocycles. The van der Waals surface area contributed by atoms with Gasteiger partial charge in [0.15, 0.2) is 0 Å². The molecule has 1 aliphatic heterocycles. The van der Waals surface area contributed by atoms with Gasteiger partial charge in [0.2, 0.25) is 0 Å². The van der Waals surface area contributed by atoms with Crippen LogP contribution in [0.5, 0.6) is 0 Å². The molecule has 2 aliphatic carbocycles. The van der Waals surface area contributed by atoms with Crippen molar-refractivity contribution >= 4 is 16.8 Å². The summed E-state index contributed by atoms with van der Waals surface area (Å²) in [5.74, 6) is 0.898. The first-order chi connectivity index (χ1) is 9.26. The first-order valence-corrected chi connectivity index (χ1v) is 8.41. The number of allylic oxidation sites excluding steroid dienone is 3. The van der Waals surface area contributed by atoms with Gasteiger partial charge in [0.05, 0.1) is 11.1 Å². The first kappa shape index (κ1) is 13.2. The van der Waals surface area contributed by atoms with E-state index in [0.29, 0.717) is 6.04 Å². The largest absolute Gasteiger partial charge is 0.269 e. The molecule has 0 spiro atoms. The van der Waals surface area contributed by atoms with Crippen LogP contribution >= 0.6 is 11.8 Å². The summed E-state index contributed by atoms with van der Waals surface area (Å²) in [4.78, 5) is 6.42.